The number of hydrogen-bond acceptors (Lipinski definition) is 4. The largest absolute Gasteiger partial charge is 0.336 e. The SMILES string of the molecule is Cc1ccc(-n2cnnc2)c(C(=O)N2CCC(n3cccn3)C2)c1. The normalized spacial score (nSPS) is 17.4. The van der Waals surface area contributed by atoms with E-state index in [9.17, 15) is 4.79 Å². The molecule has 24 heavy (non-hydrogen) atoms. The Morgan fingerprint density at radius 2 is 2.08 bits per heavy atom. The van der Waals surface area contributed by atoms with Crippen LogP contribution in [0.2, 0.25) is 0 Å². The van der Waals surface area contributed by atoms with E-state index >= 15 is 0 Å². The molecule has 1 atom stereocenters. The molecule has 0 radical (unpaired) electrons. The number of hydrogen-bond donors (Lipinski definition) is 0. The molecule has 4 rings (SSSR count). The Hall–Kier alpha value is -2.96. The predicted octanol–water partition coefficient (Wildman–Crippen LogP) is 1.86. The Morgan fingerprint density at radius 3 is 2.83 bits per heavy atom. The van der Waals surface area contributed by atoms with Gasteiger partial charge in [0.15, 0.2) is 0 Å². The minimum absolute atomic E-state index is 0.0389. The Bertz CT molecular complexity index is 840. The van der Waals surface area contributed by atoms with E-state index < -0.39 is 0 Å². The van der Waals surface area contributed by atoms with Crippen molar-refractivity contribution in [3.05, 3.63) is 60.4 Å². The number of aryl methyl sites for hydroxylation is 1. The third-order valence-electron chi connectivity index (χ3n) is 4.43. The predicted molar refractivity (Wildman–Crippen MR) is 87.9 cm³/mol. The van der Waals surface area contributed by atoms with E-state index in [4.69, 9.17) is 0 Å². The Morgan fingerprint density at radius 1 is 1.25 bits per heavy atom. The van der Waals surface area contributed by atoms with Crippen LogP contribution in [0.4, 0.5) is 0 Å². The minimum atomic E-state index is 0.0389. The van der Waals surface area contributed by atoms with Crippen molar-refractivity contribution in [2.75, 3.05) is 13.1 Å². The lowest BCUT2D eigenvalue weighted by atomic mass is 10.1. The van der Waals surface area contributed by atoms with E-state index in [0.29, 0.717) is 12.1 Å². The van der Waals surface area contributed by atoms with Crippen LogP contribution >= 0.6 is 0 Å². The first-order valence-corrected chi connectivity index (χ1v) is 7.96. The van der Waals surface area contributed by atoms with Crippen LogP contribution in [0.15, 0.2) is 49.3 Å². The summed E-state index contributed by atoms with van der Waals surface area (Å²) in [5.74, 6) is 0.0389. The van der Waals surface area contributed by atoms with Crippen LogP contribution in [-0.4, -0.2) is 48.4 Å². The van der Waals surface area contributed by atoms with Gasteiger partial charge in [0.05, 0.1) is 17.3 Å². The highest BCUT2D eigenvalue weighted by molar-refractivity contribution is 5.98. The van der Waals surface area contributed by atoms with Gasteiger partial charge >= 0.3 is 0 Å². The number of carbonyl (C=O) groups is 1. The number of amides is 1. The smallest absolute Gasteiger partial charge is 0.256 e. The summed E-state index contributed by atoms with van der Waals surface area (Å²) in [5, 5.41) is 12.0. The number of nitrogens with zero attached hydrogens (tertiary/aromatic N) is 6. The van der Waals surface area contributed by atoms with E-state index in [2.05, 4.69) is 15.3 Å². The zero-order valence-corrected chi connectivity index (χ0v) is 13.4. The first-order chi connectivity index (χ1) is 11.7. The summed E-state index contributed by atoms with van der Waals surface area (Å²) >= 11 is 0. The average Bonchev–Trinajstić information content (AvgIpc) is 3.34. The monoisotopic (exact) mass is 322 g/mol. The average molecular weight is 322 g/mol. The molecule has 1 aliphatic heterocycles. The lowest BCUT2D eigenvalue weighted by molar-refractivity contribution is 0.0787. The summed E-state index contributed by atoms with van der Waals surface area (Å²) in [6.45, 7) is 3.40. The van der Waals surface area contributed by atoms with Crippen molar-refractivity contribution >= 4 is 5.91 Å². The Kier molecular flexibility index (Phi) is 3.60. The van der Waals surface area contributed by atoms with E-state index in [0.717, 1.165) is 24.2 Å². The van der Waals surface area contributed by atoms with Crippen molar-refractivity contribution in [1.29, 1.82) is 0 Å². The van der Waals surface area contributed by atoms with Gasteiger partial charge in [-0.3, -0.25) is 14.0 Å². The molecule has 1 amide bonds. The van der Waals surface area contributed by atoms with Gasteiger partial charge in [-0.2, -0.15) is 5.10 Å². The maximum Gasteiger partial charge on any atom is 0.256 e. The summed E-state index contributed by atoms with van der Waals surface area (Å²) < 4.78 is 3.71. The molecule has 0 saturated carbocycles. The second-order valence-corrected chi connectivity index (χ2v) is 6.07. The molecule has 0 aliphatic carbocycles. The number of carbonyl (C=O) groups excluding carboxylic acids is 1. The minimum Gasteiger partial charge on any atom is -0.336 e. The Labute approximate surface area is 139 Å². The van der Waals surface area contributed by atoms with Crippen LogP contribution in [0.1, 0.15) is 28.4 Å². The van der Waals surface area contributed by atoms with Crippen LogP contribution in [0, 0.1) is 6.92 Å². The molecule has 2 aromatic heterocycles. The molecule has 3 aromatic rings. The summed E-state index contributed by atoms with van der Waals surface area (Å²) in [7, 11) is 0. The second kappa shape index (κ2) is 5.92. The summed E-state index contributed by atoms with van der Waals surface area (Å²) in [5.41, 5.74) is 2.53. The van der Waals surface area contributed by atoms with Crippen LogP contribution in [0.25, 0.3) is 5.69 Å². The third kappa shape index (κ3) is 2.58. The molecule has 7 heteroatoms. The van der Waals surface area contributed by atoms with E-state index in [1.807, 2.05) is 47.0 Å². The fourth-order valence-corrected chi connectivity index (χ4v) is 3.18. The Balaban J connectivity index is 1.62. The zero-order valence-electron chi connectivity index (χ0n) is 13.4. The lowest BCUT2D eigenvalue weighted by Crippen LogP contribution is -2.30. The van der Waals surface area contributed by atoms with Crippen molar-refractivity contribution < 1.29 is 4.79 Å². The van der Waals surface area contributed by atoms with Gasteiger partial charge in [-0.15, -0.1) is 10.2 Å². The highest BCUT2D eigenvalue weighted by Crippen LogP contribution is 2.25. The molecule has 0 bridgehead atoms. The molecule has 1 aliphatic rings. The van der Waals surface area contributed by atoms with Gasteiger partial charge in [-0.05, 0) is 31.5 Å². The molecular formula is C17H18N6O. The second-order valence-electron chi connectivity index (χ2n) is 6.07. The van der Waals surface area contributed by atoms with Gasteiger partial charge in [0.2, 0.25) is 0 Å². The fraction of sp³-hybridized carbons (Fsp3) is 0.294. The number of benzene rings is 1. The van der Waals surface area contributed by atoms with Crippen LogP contribution in [0.3, 0.4) is 0 Å². The van der Waals surface area contributed by atoms with Gasteiger partial charge < -0.3 is 4.90 Å². The van der Waals surface area contributed by atoms with Crippen molar-refractivity contribution in [3.8, 4) is 5.69 Å². The first kappa shape index (κ1) is 14.6. The van der Waals surface area contributed by atoms with E-state index in [-0.39, 0.29) is 11.9 Å². The molecule has 1 aromatic carbocycles. The topological polar surface area (TPSA) is 68.8 Å². The maximum absolute atomic E-state index is 13.1. The van der Waals surface area contributed by atoms with Crippen molar-refractivity contribution in [3.63, 3.8) is 0 Å². The lowest BCUT2D eigenvalue weighted by Gasteiger charge is -2.19. The standard InChI is InChI=1S/C17H18N6O/c1-13-3-4-16(22-11-18-19-12-22)15(9-13)17(24)21-8-5-14(10-21)23-7-2-6-20-23/h2-4,6-7,9,11-12,14H,5,8,10H2,1H3. The highest BCUT2D eigenvalue weighted by Gasteiger charge is 2.29. The van der Waals surface area contributed by atoms with Crippen molar-refractivity contribution in [2.24, 2.45) is 0 Å². The summed E-state index contributed by atoms with van der Waals surface area (Å²) in [6.07, 6.45) is 7.86. The van der Waals surface area contributed by atoms with Gasteiger partial charge in [0.1, 0.15) is 12.7 Å². The maximum atomic E-state index is 13.1. The zero-order chi connectivity index (χ0) is 16.5. The van der Waals surface area contributed by atoms with Crippen molar-refractivity contribution in [2.45, 2.75) is 19.4 Å². The van der Waals surface area contributed by atoms with Crippen molar-refractivity contribution in [1.82, 2.24) is 29.4 Å². The molecule has 0 N–H and O–H groups in total. The number of rotatable bonds is 3. The van der Waals surface area contributed by atoms with Gasteiger partial charge in [0.25, 0.3) is 5.91 Å². The van der Waals surface area contributed by atoms with Crippen LogP contribution in [-0.2, 0) is 0 Å². The highest BCUT2D eigenvalue weighted by atomic mass is 16.2. The molecule has 3 heterocycles. The van der Waals surface area contributed by atoms with Crippen LogP contribution < -0.4 is 0 Å². The summed E-state index contributed by atoms with van der Waals surface area (Å²) in [6, 6.07) is 8.01. The number of likely N-dealkylation sites (tertiary alicyclic amines) is 1. The van der Waals surface area contributed by atoms with Gasteiger partial charge in [0, 0.05) is 25.5 Å². The molecule has 0 spiro atoms. The molecule has 1 fully saturated rings. The van der Waals surface area contributed by atoms with E-state index in [1.54, 1.807) is 23.4 Å². The van der Waals surface area contributed by atoms with Crippen LogP contribution in [0.5, 0.6) is 0 Å². The third-order valence-corrected chi connectivity index (χ3v) is 4.43. The molecular weight excluding hydrogens is 304 g/mol. The molecule has 122 valence electrons. The first-order valence-electron chi connectivity index (χ1n) is 7.96. The van der Waals surface area contributed by atoms with E-state index in [1.165, 1.54) is 0 Å². The van der Waals surface area contributed by atoms with Gasteiger partial charge in [-0.1, -0.05) is 11.6 Å². The molecule has 7 nitrogen and oxygen atoms in total. The number of aromatic nitrogens is 5. The fourth-order valence-electron chi connectivity index (χ4n) is 3.18. The summed E-state index contributed by atoms with van der Waals surface area (Å²) in [4.78, 5) is 15.0. The molecule has 1 unspecified atom stereocenters. The molecule has 1 saturated heterocycles. The quantitative estimate of drug-likeness (QED) is 0.738. The van der Waals surface area contributed by atoms with Gasteiger partial charge in [-0.25, -0.2) is 0 Å².